The molecule has 4 heterocycles. The molecule has 2 bridgehead atoms. The number of fused-ring (bicyclic) bond motifs is 2. The Labute approximate surface area is 236 Å². The highest BCUT2D eigenvalue weighted by Gasteiger charge is 2.58. The number of amides is 1. The maximum absolute atomic E-state index is 15.4. The molecule has 1 N–H and O–H groups in total. The number of piperidine rings is 1. The minimum Gasteiger partial charge on any atom is -0.467 e. The van der Waals surface area contributed by atoms with E-state index >= 15 is 4.39 Å². The number of pyridine rings is 1. The van der Waals surface area contributed by atoms with E-state index in [1.54, 1.807) is 17.0 Å². The van der Waals surface area contributed by atoms with Crippen LogP contribution >= 0.6 is 0 Å². The number of rotatable bonds is 8. The van der Waals surface area contributed by atoms with Crippen molar-refractivity contribution >= 4 is 11.9 Å². The zero-order chi connectivity index (χ0) is 29.5. The quantitative estimate of drug-likeness (QED) is 0.381. The molecule has 0 spiro atoms. The number of benzene rings is 1. The maximum atomic E-state index is 15.4. The summed E-state index contributed by atoms with van der Waals surface area (Å²) in [5.74, 6) is 0.262. The summed E-state index contributed by atoms with van der Waals surface area (Å²) in [6, 6.07) is 8.91. The third-order valence-electron chi connectivity index (χ3n) is 8.50. The summed E-state index contributed by atoms with van der Waals surface area (Å²) >= 11 is 0. The van der Waals surface area contributed by atoms with Crippen LogP contribution < -0.4 is 15.2 Å². The summed E-state index contributed by atoms with van der Waals surface area (Å²) < 4.78 is 40.0. The van der Waals surface area contributed by atoms with Crippen molar-refractivity contribution in [1.82, 2.24) is 19.7 Å². The van der Waals surface area contributed by atoms with Crippen molar-refractivity contribution in [1.29, 1.82) is 0 Å². The van der Waals surface area contributed by atoms with Crippen molar-refractivity contribution in [3.8, 4) is 28.1 Å². The normalized spacial score (nSPS) is 23.5. The van der Waals surface area contributed by atoms with Crippen LogP contribution in [0.25, 0.3) is 22.4 Å². The smallest absolute Gasteiger partial charge is 0.408 e. The van der Waals surface area contributed by atoms with E-state index in [1.807, 2.05) is 25.8 Å². The molecule has 1 aromatic carbocycles. The lowest BCUT2D eigenvalue weighted by Crippen LogP contribution is -2.62. The number of ether oxygens (including phenoxy) is 2. The Bertz CT molecular complexity index is 1500. The molecular weight excluding hydrogens is 536 g/mol. The Kier molecular flexibility index (Phi) is 7.45. The number of hydrogen-bond donors (Lipinski definition) is 1. The van der Waals surface area contributed by atoms with E-state index in [2.05, 4.69) is 10.2 Å². The molecule has 10 nitrogen and oxygen atoms in total. The molecule has 41 heavy (non-hydrogen) atoms. The first-order valence-corrected chi connectivity index (χ1v) is 13.3. The van der Waals surface area contributed by atoms with Crippen molar-refractivity contribution < 1.29 is 28.2 Å². The van der Waals surface area contributed by atoms with Gasteiger partial charge in [-0.25, -0.2) is 13.6 Å². The zero-order valence-electron chi connectivity index (χ0n) is 23.4. The Balaban J connectivity index is 1.43. The second kappa shape index (κ2) is 10.7. The Morgan fingerprint density at radius 2 is 1.83 bits per heavy atom. The Morgan fingerprint density at radius 3 is 2.39 bits per heavy atom. The minimum absolute atomic E-state index is 0.0634. The number of nitrogens with zero attached hydrogens (tertiary/aromatic N) is 5. The van der Waals surface area contributed by atoms with Crippen LogP contribution in [0.4, 0.5) is 19.4 Å². The molecule has 0 radical (unpaired) electrons. The van der Waals surface area contributed by atoms with Gasteiger partial charge in [0.15, 0.2) is 19.4 Å². The molecule has 1 amide bonds. The van der Waals surface area contributed by atoms with Crippen molar-refractivity contribution in [3.63, 3.8) is 0 Å². The van der Waals surface area contributed by atoms with Gasteiger partial charge in [0.25, 0.3) is 5.56 Å². The second-order valence-electron chi connectivity index (χ2n) is 11.3. The second-order valence-corrected chi connectivity index (χ2v) is 11.3. The van der Waals surface area contributed by atoms with Gasteiger partial charge in [0, 0.05) is 54.7 Å². The van der Waals surface area contributed by atoms with E-state index in [-0.39, 0.29) is 29.7 Å². The predicted octanol–water partition coefficient (Wildman–Crippen LogP) is 4.91. The standard InChI is InChI=1S/C29H33F2N5O5/c1-28-8-9-29(2,36(28)27(38)39)15-19(14-28)34(3)25-6-5-23(32-33-25)21-12-22(31)20(13-24(21)41-17-40-4)18-7-10-35(16-30)26(37)11-18/h5-7,10-13,19H,8-9,14-17H2,1-4H3,(H,38,39)/t19?,28-,29?/m0/s1. The van der Waals surface area contributed by atoms with E-state index < -0.39 is 35.3 Å². The van der Waals surface area contributed by atoms with Gasteiger partial charge >= 0.3 is 6.09 Å². The number of halogens is 2. The number of anilines is 1. The SMILES string of the molecule is COCOc1cc(-c2ccn(CF)c(=O)c2)c(F)cc1-c1ccc(N(C)C2CC3(C)CC[C@@](C)(C2)N3C(=O)O)nn1. The van der Waals surface area contributed by atoms with E-state index in [1.165, 1.54) is 31.5 Å². The lowest BCUT2D eigenvalue weighted by atomic mass is 9.82. The average Bonchev–Trinajstić information content (AvgIpc) is 3.12. The molecule has 0 saturated carbocycles. The Morgan fingerprint density at radius 1 is 1.12 bits per heavy atom. The van der Waals surface area contributed by atoms with Gasteiger partial charge in [-0.15, -0.1) is 10.2 Å². The third kappa shape index (κ3) is 5.12. The van der Waals surface area contributed by atoms with E-state index in [0.29, 0.717) is 29.9 Å². The summed E-state index contributed by atoms with van der Waals surface area (Å²) in [5, 5.41) is 18.6. The lowest BCUT2D eigenvalue weighted by molar-refractivity contribution is 0.0131. The lowest BCUT2D eigenvalue weighted by Gasteiger charge is -2.51. The number of alkyl halides is 1. The molecule has 3 aromatic rings. The first-order chi connectivity index (χ1) is 19.5. The first kappa shape index (κ1) is 28.5. The van der Waals surface area contributed by atoms with Crippen LogP contribution in [0, 0.1) is 5.82 Å². The number of carbonyl (C=O) groups is 1. The fourth-order valence-electron chi connectivity index (χ4n) is 6.46. The minimum atomic E-state index is -0.979. The van der Waals surface area contributed by atoms with Crippen molar-refractivity contribution in [2.75, 3.05) is 25.9 Å². The van der Waals surface area contributed by atoms with Crippen LogP contribution in [0.15, 0.2) is 47.4 Å². The Hall–Kier alpha value is -4.06. The van der Waals surface area contributed by atoms with Gasteiger partial charge in [0.05, 0.1) is 5.69 Å². The summed E-state index contributed by atoms with van der Waals surface area (Å²) in [6.45, 7) is 2.93. The number of methoxy groups -OCH3 is 1. The van der Waals surface area contributed by atoms with Crippen LogP contribution in [0.5, 0.6) is 5.75 Å². The van der Waals surface area contributed by atoms with Crippen molar-refractivity contribution in [2.24, 2.45) is 0 Å². The molecule has 3 atom stereocenters. The van der Waals surface area contributed by atoms with Crippen LogP contribution in [-0.2, 0) is 11.5 Å². The van der Waals surface area contributed by atoms with Crippen molar-refractivity contribution in [2.45, 2.75) is 63.4 Å². The van der Waals surface area contributed by atoms with E-state index in [9.17, 15) is 19.1 Å². The van der Waals surface area contributed by atoms with Crippen LogP contribution in [0.3, 0.4) is 0 Å². The van der Waals surface area contributed by atoms with Crippen LogP contribution in [0.1, 0.15) is 39.5 Å². The van der Waals surface area contributed by atoms with Crippen LogP contribution in [0.2, 0.25) is 0 Å². The van der Waals surface area contributed by atoms with E-state index in [4.69, 9.17) is 9.47 Å². The van der Waals surface area contributed by atoms with E-state index in [0.717, 1.165) is 23.5 Å². The molecule has 2 aliphatic heterocycles. The van der Waals surface area contributed by atoms with Crippen molar-refractivity contribution in [3.05, 3.63) is 58.8 Å². The van der Waals surface area contributed by atoms with Gasteiger partial charge in [-0.2, -0.15) is 0 Å². The highest BCUT2D eigenvalue weighted by atomic mass is 19.1. The molecule has 2 saturated heterocycles. The maximum Gasteiger partial charge on any atom is 0.408 e. The van der Waals surface area contributed by atoms with Gasteiger partial charge < -0.3 is 19.5 Å². The molecule has 218 valence electrons. The molecule has 2 unspecified atom stereocenters. The van der Waals surface area contributed by atoms with Gasteiger partial charge in [0.2, 0.25) is 0 Å². The summed E-state index contributed by atoms with van der Waals surface area (Å²) in [7, 11) is 3.38. The molecule has 2 aliphatic rings. The molecular formula is C29H33F2N5O5. The number of hydrogen-bond acceptors (Lipinski definition) is 7. The molecule has 2 aromatic heterocycles. The monoisotopic (exact) mass is 569 g/mol. The molecule has 0 aliphatic carbocycles. The topological polar surface area (TPSA) is 110 Å². The fourth-order valence-corrected chi connectivity index (χ4v) is 6.46. The number of aromatic nitrogens is 3. The summed E-state index contributed by atoms with van der Waals surface area (Å²) in [5.41, 5.74) is -0.397. The molecule has 12 heteroatoms. The molecule has 5 rings (SSSR count). The first-order valence-electron chi connectivity index (χ1n) is 13.3. The number of carboxylic acid groups (broad SMARTS) is 1. The third-order valence-corrected chi connectivity index (χ3v) is 8.50. The average molecular weight is 570 g/mol. The predicted molar refractivity (Wildman–Crippen MR) is 148 cm³/mol. The largest absolute Gasteiger partial charge is 0.467 e. The summed E-state index contributed by atoms with van der Waals surface area (Å²) in [4.78, 5) is 27.8. The highest BCUT2D eigenvalue weighted by molar-refractivity contribution is 5.75. The molecule has 2 fully saturated rings. The fraction of sp³-hybridized carbons (Fsp3) is 0.448. The van der Waals surface area contributed by atoms with Gasteiger partial charge in [-0.1, -0.05) is 0 Å². The summed E-state index contributed by atoms with van der Waals surface area (Å²) in [6.07, 6.45) is 3.35. The zero-order valence-corrected chi connectivity index (χ0v) is 23.4. The van der Waals surface area contributed by atoms with Gasteiger partial charge in [0.1, 0.15) is 11.6 Å². The van der Waals surface area contributed by atoms with Crippen LogP contribution in [-0.4, -0.2) is 68.9 Å². The highest BCUT2D eigenvalue weighted by Crippen LogP contribution is 2.51. The van der Waals surface area contributed by atoms with Gasteiger partial charge in [-0.05, 0) is 75.4 Å². The van der Waals surface area contributed by atoms with Gasteiger partial charge in [-0.3, -0.25) is 14.3 Å².